The highest BCUT2D eigenvalue weighted by Crippen LogP contribution is 2.23. The van der Waals surface area contributed by atoms with Crippen LogP contribution < -0.4 is 4.72 Å². The zero-order valence-electron chi connectivity index (χ0n) is 9.89. The average Bonchev–Trinajstić information content (AvgIpc) is 2.34. The molecule has 100 valence electrons. The van der Waals surface area contributed by atoms with Crippen molar-refractivity contribution in [1.82, 2.24) is 4.98 Å². The minimum Gasteiger partial charge on any atom is -0.276 e. The smallest absolute Gasteiger partial charge is 0.261 e. The zero-order valence-corrected chi connectivity index (χ0v) is 11.5. The predicted molar refractivity (Wildman–Crippen MR) is 71.2 cm³/mol. The molecule has 0 amide bonds. The van der Waals surface area contributed by atoms with Crippen LogP contribution in [-0.4, -0.2) is 13.4 Å². The van der Waals surface area contributed by atoms with Crippen LogP contribution in [0.3, 0.4) is 0 Å². The van der Waals surface area contributed by atoms with Crippen molar-refractivity contribution in [3.8, 4) is 0 Å². The molecule has 0 radical (unpaired) electrons. The van der Waals surface area contributed by atoms with Crippen molar-refractivity contribution in [2.24, 2.45) is 0 Å². The van der Waals surface area contributed by atoms with Gasteiger partial charge in [0, 0.05) is 6.20 Å². The topological polar surface area (TPSA) is 59.1 Å². The van der Waals surface area contributed by atoms with E-state index in [1.165, 1.54) is 18.3 Å². The molecule has 1 N–H and O–H groups in total. The number of aromatic nitrogens is 1. The predicted octanol–water partition coefficient (Wildman–Crippen LogP) is 2.98. The summed E-state index contributed by atoms with van der Waals surface area (Å²) in [7, 11) is -3.81. The van der Waals surface area contributed by atoms with Crippen molar-refractivity contribution in [3.05, 3.63) is 53.1 Å². The first-order chi connectivity index (χ1) is 8.88. The zero-order chi connectivity index (χ0) is 14.0. The summed E-state index contributed by atoms with van der Waals surface area (Å²) < 4.78 is 39.2. The van der Waals surface area contributed by atoms with E-state index in [1.54, 1.807) is 13.0 Å². The SMILES string of the molecule is Cc1cnc(Cl)c(NS(=O)(=O)c2ccc(F)cc2)c1. The largest absolute Gasteiger partial charge is 0.276 e. The molecule has 0 aliphatic heterocycles. The molecule has 0 aliphatic carbocycles. The Labute approximate surface area is 115 Å². The second kappa shape index (κ2) is 5.14. The fourth-order valence-corrected chi connectivity index (χ4v) is 2.71. The Morgan fingerprint density at radius 1 is 1.26 bits per heavy atom. The first-order valence-electron chi connectivity index (χ1n) is 5.29. The highest BCUT2D eigenvalue weighted by molar-refractivity contribution is 7.92. The van der Waals surface area contributed by atoms with Gasteiger partial charge >= 0.3 is 0 Å². The van der Waals surface area contributed by atoms with E-state index >= 15 is 0 Å². The molecule has 0 spiro atoms. The van der Waals surface area contributed by atoms with Gasteiger partial charge in [-0.05, 0) is 42.8 Å². The third-order valence-electron chi connectivity index (χ3n) is 2.34. The molecule has 0 fully saturated rings. The van der Waals surface area contributed by atoms with Crippen molar-refractivity contribution >= 4 is 27.3 Å². The minimum atomic E-state index is -3.81. The van der Waals surface area contributed by atoms with Crippen molar-refractivity contribution in [3.63, 3.8) is 0 Å². The summed E-state index contributed by atoms with van der Waals surface area (Å²) in [5, 5.41) is 0.0521. The summed E-state index contributed by atoms with van der Waals surface area (Å²) in [5.41, 5.74) is 0.951. The maximum atomic E-state index is 12.8. The number of hydrogen-bond acceptors (Lipinski definition) is 3. The van der Waals surface area contributed by atoms with Gasteiger partial charge in [0.05, 0.1) is 10.6 Å². The molecule has 1 aromatic carbocycles. The highest BCUT2D eigenvalue weighted by atomic mass is 35.5. The number of pyridine rings is 1. The molecule has 0 aliphatic rings. The lowest BCUT2D eigenvalue weighted by molar-refractivity contribution is 0.599. The number of hydrogen-bond donors (Lipinski definition) is 1. The number of benzene rings is 1. The van der Waals surface area contributed by atoms with E-state index in [0.29, 0.717) is 0 Å². The molecule has 0 saturated carbocycles. The molecular formula is C12H10ClFN2O2S. The molecule has 0 saturated heterocycles. The monoisotopic (exact) mass is 300 g/mol. The second-order valence-corrected chi connectivity index (χ2v) is 5.95. The van der Waals surface area contributed by atoms with E-state index in [-0.39, 0.29) is 15.7 Å². The quantitative estimate of drug-likeness (QED) is 0.887. The van der Waals surface area contributed by atoms with Gasteiger partial charge in [0.1, 0.15) is 5.82 Å². The summed E-state index contributed by atoms with van der Waals surface area (Å²) in [4.78, 5) is 3.80. The standard InChI is InChI=1S/C12H10ClFN2O2S/c1-8-6-11(12(13)15-7-8)16-19(17,18)10-4-2-9(14)3-5-10/h2-7,16H,1H3. The maximum absolute atomic E-state index is 12.8. The van der Waals surface area contributed by atoms with Gasteiger partial charge in [0.25, 0.3) is 10.0 Å². The molecule has 1 aromatic heterocycles. The number of rotatable bonds is 3. The number of nitrogens with one attached hydrogen (secondary N) is 1. The van der Waals surface area contributed by atoms with Crippen LogP contribution >= 0.6 is 11.6 Å². The molecule has 7 heteroatoms. The van der Waals surface area contributed by atoms with Crippen molar-refractivity contribution < 1.29 is 12.8 Å². The van der Waals surface area contributed by atoms with E-state index in [0.717, 1.165) is 17.7 Å². The van der Waals surface area contributed by atoms with Crippen LogP contribution in [0.25, 0.3) is 0 Å². The molecule has 2 aromatic rings. The second-order valence-electron chi connectivity index (χ2n) is 3.91. The lowest BCUT2D eigenvalue weighted by atomic mass is 10.3. The molecule has 0 atom stereocenters. The van der Waals surface area contributed by atoms with Gasteiger partial charge in [-0.2, -0.15) is 0 Å². The highest BCUT2D eigenvalue weighted by Gasteiger charge is 2.16. The fourth-order valence-electron chi connectivity index (χ4n) is 1.44. The van der Waals surface area contributed by atoms with E-state index in [2.05, 4.69) is 9.71 Å². The van der Waals surface area contributed by atoms with E-state index in [9.17, 15) is 12.8 Å². The summed E-state index contributed by atoms with van der Waals surface area (Å²) in [6.45, 7) is 1.76. The minimum absolute atomic E-state index is 0.0496. The third kappa shape index (κ3) is 3.21. The molecular weight excluding hydrogens is 291 g/mol. The Morgan fingerprint density at radius 2 is 1.89 bits per heavy atom. The number of aryl methyl sites for hydroxylation is 1. The van der Waals surface area contributed by atoms with Gasteiger partial charge in [-0.15, -0.1) is 0 Å². The van der Waals surface area contributed by atoms with E-state index in [1.807, 2.05) is 0 Å². The Kier molecular flexibility index (Phi) is 3.73. The lowest BCUT2D eigenvalue weighted by Crippen LogP contribution is -2.13. The Morgan fingerprint density at radius 3 is 2.53 bits per heavy atom. The van der Waals surface area contributed by atoms with Crippen LogP contribution in [0.4, 0.5) is 10.1 Å². The van der Waals surface area contributed by atoms with Crippen molar-refractivity contribution in [1.29, 1.82) is 0 Å². The Bertz CT molecular complexity index is 702. The van der Waals surface area contributed by atoms with E-state index in [4.69, 9.17) is 11.6 Å². The lowest BCUT2D eigenvalue weighted by Gasteiger charge is -2.09. The van der Waals surface area contributed by atoms with Crippen LogP contribution in [0.2, 0.25) is 5.15 Å². The summed E-state index contributed by atoms with van der Waals surface area (Å²) in [6.07, 6.45) is 1.53. The molecule has 0 bridgehead atoms. The van der Waals surface area contributed by atoms with Gasteiger partial charge in [-0.3, -0.25) is 4.72 Å². The van der Waals surface area contributed by atoms with Crippen LogP contribution in [-0.2, 0) is 10.0 Å². The van der Waals surface area contributed by atoms with Crippen LogP contribution in [0.5, 0.6) is 0 Å². The van der Waals surface area contributed by atoms with Crippen molar-refractivity contribution in [2.75, 3.05) is 4.72 Å². The third-order valence-corrected chi connectivity index (χ3v) is 4.03. The summed E-state index contributed by atoms with van der Waals surface area (Å²) in [6, 6.07) is 6.06. The maximum Gasteiger partial charge on any atom is 0.261 e. The summed E-state index contributed by atoms with van der Waals surface area (Å²) >= 11 is 5.82. The summed E-state index contributed by atoms with van der Waals surface area (Å²) in [5.74, 6) is -0.505. The first kappa shape index (κ1) is 13.8. The number of halogens is 2. The molecule has 19 heavy (non-hydrogen) atoms. The van der Waals surface area contributed by atoms with Crippen molar-refractivity contribution in [2.45, 2.75) is 11.8 Å². The van der Waals surface area contributed by atoms with Gasteiger partial charge < -0.3 is 0 Å². The number of nitrogens with zero attached hydrogens (tertiary/aromatic N) is 1. The van der Waals surface area contributed by atoms with E-state index < -0.39 is 15.8 Å². The molecule has 4 nitrogen and oxygen atoms in total. The molecule has 2 rings (SSSR count). The van der Waals surface area contributed by atoms with Gasteiger partial charge in [0.2, 0.25) is 0 Å². The number of sulfonamides is 1. The fraction of sp³-hybridized carbons (Fsp3) is 0.0833. The normalized spacial score (nSPS) is 11.3. The molecule has 1 heterocycles. The average molecular weight is 301 g/mol. The van der Waals surface area contributed by atoms with Crippen LogP contribution in [0, 0.1) is 12.7 Å². The van der Waals surface area contributed by atoms with Gasteiger partial charge in [0.15, 0.2) is 5.15 Å². The van der Waals surface area contributed by atoms with Crippen LogP contribution in [0.15, 0.2) is 41.4 Å². The van der Waals surface area contributed by atoms with Gasteiger partial charge in [-0.1, -0.05) is 11.6 Å². The van der Waals surface area contributed by atoms with Crippen LogP contribution in [0.1, 0.15) is 5.56 Å². The Hall–Kier alpha value is -1.66. The first-order valence-corrected chi connectivity index (χ1v) is 7.15. The number of anilines is 1. The Balaban J connectivity index is 2.36. The van der Waals surface area contributed by atoms with Gasteiger partial charge in [-0.25, -0.2) is 17.8 Å². The molecule has 0 unspecified atom stereocenters.